The van der Waals surface area contributed by atoms with Crippen LogP contribution in [0.5, 0.6) is 17.2 Å². The van der Waals surface area contributed by atoms with Gasteiger partial charge in [-0.05, 0) is 37.9 Å². The SMILES string of the molecule is COc1cc(OC)c(OC)cc1CNCC(C(C)C)N1CCCC1. The molecule has 0 spiro atoms. The Morgan fingerprint density at radius 3 is 2.08 bits per heavy atom. The summed E-state index contributed by atoms with van der Waals surface area (Å²) < 4.78 is 16.3. The van der Waals surface area contributed by atoms with Crippen molar-refractivity contribution in [3.8, 4) is 17.2 Å². The van der Waals surface area contributed by atoms with E-state index in [2.05, 4.69) is 24.1 Å². The number of rotatable bonds is 9. The number of benzene rings is 1. The van der Waals surface area contributed by atoms with Crippen LogP contribution in [-0.4, -0.2) is 51.9 Å². The van der Waals surface area contributed by atoms with Crippen molar-refractivity contribution in [2.75, 3.05) is 41.0 Å². The lowest BCUT2D eigenvalue weighted by Crippen LogP contribution is -2.44. The molecule has 1 fully saturated rings. The molecule has 0 radical (unpaired) electrons. The van der Waals surface area contributed by atoms with Crippen LogP contribution in [0.2, 0.25) is 0 Å². The molecular formula is C19H32N2O3. The third kappa shape index (κ3) is 4.54. The van der Waals surface area contributed by atoms with E-state index in [4.69, 9.17) is 14.2 Å². The van der Waals surface area contributed by atoms with E-state index in [1.165, 1.54) is 25.9 Å². The molecule has 24 heavy (non-hydrogen) atoms. The molecule has 1 aliphatic heterocycles. The van der Waals surface area contributed by atoms with E-state index in [0.717, 1.165) is 30.2 Å². The Hall–Kier alpha value is -1.46. The van der Waals surface area contributed by atoms with Gasteiger partial charge in [0.05, 0.1) is 21.3 Å². The highest BCUT2D eigenvalue weighted by Crippen LogP contribution is 2.34. The number of nitrogens with zero attached hydrogens (tertiary/aromatic N) is 1. The molecule has 0 saturated carbocycles. The topological polar surface area (TPSA) is 43.0 Å². The fourth-order valence-corrected chi connectivity index (χ4v) is 3.44. The zero-order valence-electron chi connectivity index (χ0n) is 15.7. The first-order valence-electron chi connectivity index (χ1n) is 8.84. The molecule has 1 heterocycles. The molecule has 1 aromatic carbocycles. The molecule has 0 amide bonds. The van der Waals surface area contributed by atoms with Crippen molar-refractivity contribution in [3.63, 3.8) is 0 Å². The third-order valence-corrected chi connectivity index (χ3v) is 4.83. The van der Waals surface area contributed by atoms with Crippen LogP contribution >= 0.6 is 0 Å². The summed E-state index contributed by atoms with van der Waals surface area (Å²) in [6.45, 7) is 8.80. The van der Waals surface area contributed by atoms with Gasteiger partial charge in [-0.1, -0.05) is 13.8 Å². The van der Waals surface area contributed by atoms with Gasteiger partial charge >= 0.3 is 0 Å². The lowest BCUT2D eigenvalue weighted by Gasteiger charge is -2.31. The van der Waals surface area contributed by atoms with Crippen molar-refractivity contribution in [2.24, 2.45) is 5.92 Å². The largest absolute Gasteiger partial charge is 0.496 e. The predicted octanol–water partition coefficient (Wildman–Crippen LogP) is 2.92. The van der Waals surface area contributed by atoms with Gasteiger partial charge in [-0.25, -0.2) is 0 Å². The van der Waals surface area contributed by atoms with Crippen molar-refractivity contribution < 1.29 is 14.2 Å². The maximum absolute atomic E-state index is 5.51. The van der Waals surface area contributed by atoms with Crippen LogP contribution in [-0.2, 0) is 6.54 Å². The Balaban J connectivity index is 2.02. The highest BCUT2D eigenvalue weighted by molar-refractivity contribution is 5.50. The van der Waals surface area contributed by atoms with E-state index in [1.807, 2.05) is 12.1 Å². The number of likely N-dealkylation sites (tertiary alicyclic amines) is 1. The van der Waals surface area contributed by atoms with Crippen molar-refractivity contribution in [1.82, 2.24) is 10.2 Å². The van der Waals surface area contributed by atoms with Crippen molar-refractivity contribution >= 4 is 0 Å². The molecule has 1 atom stereocenters. The fraction of sp³-hybridized carbons (Fsp3) is 0.684. The Morgan fingerprint density at radius 2 is 1.54 bits per heavy atom. The van der Waals surface area contributed by atoms with Crippen LogP contribution in [0.15, 0.2) is 12.1 Å². The summed E-state index contributed by atoms with van der Waals surface area (Å²) in [6.07, 6.45) is 2.65. The lowest BCUT2D eigenvalue weighted by molar-refractivity contribution is 0.186. The molecule has 136 valence electrons. The molecule has 5 heteroatoms. The molecule has 5 nitrogen and oxygen atoms in total. The Labute approximate surface area is 146 Å². The molecule has 0 aliphatic carbocycles. The van der Waals surface area contributed by atoms with Gasteiger partial charge in [0.25, 0.3) is 0 Å². The van der Waals surface area contributed by atoms with Gasteiger partial charge in [0.15, 0.2) is 11.5 Å². The van der Waals surface area contributed by atoms with Crippen molar-refractivity contribution in [1.29, 1.82) is 0 Å². The molecule has 2 rings (SSSR count). The third-order valence-electron chi connectivity index (χ3n) is 4.83. The van der Waals surface area contributed by atoms with Gasteiger partial charge < -0.3 is 19.5 Å². The zero-order chi connectivity index (χ0) is 17.5. The van der Waals surface area contributed by atoms with Crippen LogP contribution in [0, 0.1) is 5.92 Å². The van der Waals surface area contributed by atoms with Crippen molar-refractivity contribution in [3.05, 3.63) is 17.7 Å². The van der Waals surface area contributed by atoms with Gasteiger partial charge in [-0.15, -0.1) is 0 Å². The quantitative estimate of drug-likeness (QED) is 0.751. The second-order valence-electron chi connectivity index (χ2n) is 6.70. The number of ether oxygens (including phenoxy) is 3. The first-order valence-corrected chi connectivity index (χ1v) is 8.84. The average molecular weight is 336 g/mol. The minimum atomic E-state index is 0.582. The fourth-order valence-electron chi connectivity index (χ4n) is 3.44. The predicted molar refractivity (Wildman–Crippen MR) is 97.2 cm³/mol. The molecule has 1 aromatic rings. The second kappa shape index (κ2) is 9.14. The molecule has 1 N–H and O–H groups in total. The highest BCUT2D eigenvalue weighted by Gasteiger charge is 2.24. The van der Waals surface area contributed by atoms with Gasteiger partial charge in [-0.2, -0.15) is 0 Å². The van der Waals surface area contributed by atoms with E-state index >= 15 is 0 Å². The van der Waals surface area contributed by atoms with E-state index in [-0.39, 0.29) is 0 Å². The summed E-state index contributed by atoms with van der Waals surface area (Å²) in [5.74, 6) is 2.88. The first kappa shape index (κ1) is 18.9. The summed E-state index contributed by atoms with van der Waals surface area (Å²) >= 11 is 0. The highest BCUT2D eigenvalue weighted by atomic mass is 16.5. The summed E-state index contributed by atoms with van der Waals surface area (Å²) in [6, 6.07) is 4.46. The molecular weight excluding hydrogens is 304 g/mol. The zero-order valence-corrected chi connectivity index (χ0v) is 15.7. The molecule has 0 aromatic heterocycles. The number of methoxy groups -OCH3 is 3. The van der Waals surface area contributed by atoms with E-state index in [0.29, 0.717) is 17.7 Å². The second-order valence-corrected chi connectivity index (χ2v) is 6.70. The summed E-state index contributed by atoms with van der Waals surface area (Å²) in [4.78, 5) is 2.61. The molecule has 1 unspecified atom stereocenters. The summed E-state index contributed by atoms with van der Waals surface area (Å²) in [7, 11) is 4.98. The Morgan fingerprint density at radius 1 is 0.958 bits per heavy atom. The minimum Gasteiger partial charge on any atom is -0.496 e. The lowest BCUT2D eigenvalue weighted by atomic mass is 10.0. The maximum Gasteiger partial charge on any atom is 0.164 e. The normalized spacial score (nSPS) is 16.4. The summed E-state index contributed by atoms with van der Waals surface area (Å²) in [5.41, 5.74) is 1.08. The first-order chi connectivity index (χ1) is 11.6. The monoisotopic (exact) mass is 336 g/mol. The van der Waals surface area contributed by atoms with E-state index in [1.54, 1.807) is 21.3 Å². The van der Waals surface area contributed by atoms with Gasteiger partial charge in [0.2, 0.25) is 0 Å². The number of nitrogens with one attached hydrogen (secondary N) is 1. The van der Waals surface area contributed by atoms with E-state index < -0.39 is 0 Å². The van der Waals surface area contributed by atoms with E-state index in [9.17, 15) is 0 Å². The Kier molecular flexibility index (Phi) is 7.18. The van der Waals surface area contributed by atoms with Crippen LogP contribution < -0.4 is 19.5 Å². The van der Waals surface area contributed by atoms with Crippen molar-refractivity contribution in [2.45, 2.75) is 39.3 Å². The van der Waals surface area contributed by atoms with Gasteiger partial charge in [0.1, 0.15) is 5.75 Å². The van der Waals surface area contributed by atoms with Crippen LogP contribution in [0.4, 0.5) is 0 Å². The molecule has 0 bridgehead atoms. The van der Waals surface area contributed by atoms with Crippen LogP contribution in [0.25, 0.3) is 0 Å². The number of hydrogen-bond donors (Lipinski definition) is 1. The Bertz CT molecular complexity index is 514. The van der Waals surface area contributed by atoms with Crippen LogP contribution in [0.3, 0.4) is 0 Å². The smallest absolute Gasteiger partial charge is 0.164 e. The standard InChI is InChI=1S/C19H32N2O3/c1-14(2)16(21-8-6-7-9-21)13-20-12-15-10-18(23-4)19(24-5)11-17(15)22-3/h10-11,14,16,20H,6-9,12-13H2,1-5H3. The number of hydrogen-bond acceptors (Lipinski definition) is 5. The minimum absolute atomic E-state index is 0.582. The van der Waals surface area contributed by atoms with Gasteiger partial charge in [-0.3, -0.25) is 4.90 Å². The molecule has 1 saturated heterocycles. The summed E-state index contributed by atoms with van der Waals surface area (Å²) in [5, 5.41) is 3.61. The molecule has 1 aliphatic rings. The maximum atomic E-state index is 5.51. The average Bonchev–Trinajstić information content (AvgIpc) is 3.11. The van der Waals surface area contributed by atoms with Gasteiger partial charge in [0, 0.05) is 30.8 Å². The van der Waals surface area contributed by atoms with Crippen LogP contribution in [0.1, 0.15) is 32.3 Å².